The Bertz CT molecular complexity index is 772. The number of para-hydroxylation sites is 1. The molecule has 2 aromatic heterocycles. The van der Waals surface area contributed by atoms with E-state index in [0.717, 1.165) is 11.2 Å². The zero-order valence-corrected chi connectivity index (χ0v) is 10.6. The summed E-state index contributed by atoms with van der Waals surface area (Å²) >= 11 is 5.28. The third-order valence-electron chi connectivity index (χ3n) is 2.81. The zero-order chi connectivity index (χ0) is 12.7. The van der Waals surface area contributed by atoms with Gasteiger partial charge in [-0.2, -0.15) is 4.98 Å². The lowest BCUT2D eigenvalue weighted by Crippen LogP contribution is -2.08. The highest BCUT2D eigenvalue weighted by Crippen LogP contribution is 2.21. The van der Waals surface area contributed by atoms with Crippen molar-refractivity contribution in [1.29, 1.82) is 0 Å². The molecule has 0 aliphatic carbocycles. The van der Waals surface area contributed by atoms with Gasteiger partial charge in [0.05, 0.1) is 6.33 Å². The maximum Gasteiger partial charge on any atom is 0.207 e. The fourth-order valence-corrected chi connectivity index (χ4v) is 2.26. The quantitative estimate of drug-likeness (QED) is 0.678. The van der Waals surface area contributed by atoms with Crippen LogP contribution in [0.1, 0.15) is 0 Å². The van der Waals surface area contributed by atoms with Crippen molar-refractivity contribution in [3.05, 3.63) is 41.4 Å². The number of aryl methyl sites for hydroxylation is 1. The number of hydrogen-bond acceptors (Lipinski definition) is 4. The van der Waals surface area contributed by atoms with Gasteiger partial charge in [-0.1, -0.05) is 18.2 Å². The number of fused-ring (bicyclic) bond motifs is 1. The molecule has 0 atom stereocenters. The fourth-order valence-electron chi connectivity index (χ4n) is 1.97. The number of rotatable bonds is 1. The van der Waals surface area contributed by atoms with E-state index < -0.39 is 0 Å². The largest absolute Gasteiger partial charge is 0.383 e. The molecule has 90 valence electrons. The SMILES string of the molecule is Cn1cnc2nc(=S)n(-c3ccccc3)c(N)c21. The van der Waals surface area contributed by atoms with Crippen LogP contribution in [0.3, 0.4) is 0 Å². The maximum absolute atomic E-state index is 6.19. The summed E-state index contributed by atoms with van der Waals surface area (Å²) in [5.74, 6) is 0.552. The summed E-state index contributed by atoms with van der Waals surface area (Å²) in [6, 6.07) is 9.69. The molecule has 0 aliphatic rings. The molecule has 2 N–H and O–H groups in total. The predicted molar refractivity (Wildman–Crippen MR) is 73.1 cm³/mol. The number of nitrogens with two attached hydrogens (primary N) is 1. The van der Waals surface area contributed by atoms with Gasteiger partial charge < -0.3 is 10.3 Å². The number of benzene rings is 1. The minimum Gasteiger partial charge on any atom is -0.383 e. The Morgan fingerprint density at radius 2 is 1.94 bits per heavy atom. The van der Waals surface area contributed by atoms with Gasteiger partial charge in [0, 0.05) is 12.7 Å². The van der Waals surface area contributed by atoms with Gasteiger partial charge in [-0.3, -0.25) is 4.57 Å². The first-order valence-electron chi connectivity index (χ1n) is 5.43. The molecule has 6 heteroatoms. The summed E-state index contributed by atoms with van der Waals surface area (Å²) in [4.78, 5) is 8.47. The summed E-state index contributed by atoms with van der Waals surface area (Å²) in [6.45, 7) is 0. The Kier molecular flexibility index (Phi) is 2.38. The van der Waals surface area contributed by atoms with Crippen LogP contribution in [0, 0.1) is 4.77 Å². The van der Waals surface area contributed by atoms with Crippen LogP contribution in [-0.4, -0.2) is 19.1 Å². The molecule has 0 radical (unpaired) electrons. The summed E-state index contributed by atoms with van der Waals surface area (Å²) in [7, 11) is 1.88. The van der Waals surface area contributed by atoms with Crippen molar-refractivity contribution in [3.63, 3.8) is 0 Å². The first-order valence-corrected chi connectivity index (χ1v) is 5.84. The van der Waals surface area contributed by atoms with Gasteiger partial charge in [-0.25, -0.2) is 4.98 Å². The molecule has 0 bridgehead atoms. The molecule has 5 nitrogen and oxygen atoms in total. The van der Waals surface area contributed by atoms with Crippen molar-refractivity contribution in [2.45, 2.75) is 0 Å². The molecule has 0 amide bonds. The number of aromatic nitrogens is 4. The summed E-state index contributed by atoms with van der Waals surface area (Å²) in [5, 5.41) is 0. The minimum absolute atomic E-state index is 0.407. The van der Waals surface area contributed by atoms with Gasteiger partial charge in [-0.15, -0.1) is 0 Å². The molecular formula is C12H11N5S. The normalized spacial score (nSPS) is 10.9. The number of nitrogens with zero attached hydrogens (tertiary/aromatic N) is 4. The van der Waals surface area contributed by atoms with Crippen LogP contribution in [-0.2, 0) is 7.05 Å². The molecule has 0 aliphatic heterocycles. The van der Waals surface area contributed by atoms with Crippen molar-refractivity contribution in [1.82, 2.24) is 19.1 Å². The van der Waals surface area contributed by atoms with Crippen LogP contribution in [0.25, 0.3) is 16.9 Å². The third-order valence-corrected chi connectivity index (χ3v) is 3.08. The van der Waals surface area contributed by atoms with E-state index in [-0.39, 0.29) is 0 Å². The van der Waals surface area contributed by atoms with Crippen molar-refractivity contribution >= 4 is 29.2 Å². The van der Waals surface area contributed by atoms with Gasteiger partial charge >= 0.3 is 0 Å². The van der Waals surface area contributed by atoms with Crippen LogP contribution >= 0.6 is 12.2 Å². The van der Waals surface area contributed by atoms with E-state index in [0.29, 0.717) is 16.2 Å². The summed E-state index contributed by atoms with van der Waals surface area (Å²) < 4.78 is 4.00. The molecular weight excluding hydrogens is 246 g/mol. The van der Waals surface area contributed by atoms with Gasteiger partial charge in [-0.05, 0) is 24.4 Å². The van der Waals surface area contributed by atoms with E-state index in [2.05, 4.69) is 9.97 Å². The number of nitrogen functional groups attached to an aromatic ring is 1. The first-order chi connectivity index (χ1) is 8.68. The van der Waals surface area contributed by atoms with Crippen molar-refractivity contribution in [2.75, 3.05) is 5.73 Å². The molecule has 3 rings (SSSR count). The van der Waals surface area contributed by atoms with Crippen LogP contribution in [0.5, 0.6) is 0 Å². The van der Waals surface area contributed by atoms with E-state index in [1.54, 1.807) is 10.9 Å². The molecule has 1 aromatic carbocycles. The smallest absolute Gasteiger partial charge is 0.207 e. The molecule has 3 aromatic rings. The highest BCUT2D eigenvalue weighted by molar-refractivity contribution is 7.71. The van der Waals surface area contributed by atoms with Crippen molar-refractivity contribution in [3.8, 4) is 5.69 Å². The van der Waals surface area contributed by atoms with Gasteiger partial charge in [0.1, 0.15) is 11.3 Å². The average Bonchev–Trinajstić information content (AvgIpc) is 2.72. The van der Waals surface area contributed by atoms with E-state index in [1.807, 2.05) is 41.9 Å². The number of anilines is 1. The van der Waals surface area contributed by atoms with Crippen LogP contribution in [0.4, 0.5) is 5.82 Å². The number of imidazole rings is 1. The van der Waals surface area contributed by atoms with Crippen molar-refractivity contribution < 1.29 is 0 Å². The Hall–Kier alpha value is -2.21. The maximum atomic E-state index is 6.19. The Morgan fingerprint density at radius 1 is 1.22 bits per heavy atom. The Morgan fingerprint density at radius 3 is 2.67 bits per heavy atom. The molecule has 0 saturated heterocycles. The zero-order valence-electron chi connectivity index (χ0n) is 9.74. The third kappa shape index (κ3) is 1.50. The lowest BCUT2D eigenvalue weighted by atomic mass is 10.3. The molecule has 0 fully saturated rings. The second-order valence-corrected chi connectivity index (χ2v) is 4.34. The highest BCUT2D eigenvalue weighted by atomic mass is 32.1. The van der Waals surface area contributed by atoms with Gasteiger partial charge in [0.2, 0.25) is 4.77 Å². The van der Waals surface area contributed by atoms with E-state index in [1.165, 1.54) is 0 Å². The molecule has 18 heavy (non-hydrogen) atoms. The van der Waals surface area contributed by atoms with Gasteiger partial charge in [0.15, 0.2) is 5.65 Å². The predicted octanol–water partition coefficient (Wildman–Crippen LogP) is 2.07. The monoisotopic (exact) mass is 257 g/mol. The van der Waals surface area contributed by atoms with Crippen LogP contribution < -0.4 is 5.73 Å². The van der Waals surface area contributed by atoms with Crippen LogP contribution in [0.2, 0.25) is 0 Å². The molecule has 0 spiro atoms. The Balaban J connectivity index is 2.43. The van der Waals surface area contributed by atoms with Crippen molar-refractivity contribution in [2.24, 2.45) is 7.05 Å². The lowest BCUT2D eigenvalue weighted by molar-refractivity contribution is 0.932. The Labute approximate surface area is 109 Å². The molecule has 0 unspecified atom stereocenters. The van der Waals surface area contributed by atoms with Gasteiger partial charge in [0.25, 0.3) is 0 Å². The molecule has 0 saturated carbocycles. The van der Waals surface area contributed by atoms with E-state index in [4.69, 9.17) is 18.0 Å². The summed E-state index contributed by atoms with van der Waals surface area (Å²) in [6.07, 6.45) is 1.68. The first kappa shape index (κ1) is 10.9. The minimum atomic E-state index is 0.407. The second kappa shape index (κ2) is 3.92. The van der Waals surface area contributed by atoms with E-state index >= 15 is 0 Å². The number of hydrogen-bond donors (Lipinski definition) is 1. The molecule has 2 heterocycles. The second-order valence-electron chi connectivity index (χ2n) is 3.98. The van der Waals surface area contributed by atoms with Crippen LogP contribution in [0.15, 0.2) is 36.7 Å². The standard InChI is InChI=1S/C12H11N5S/c1-16-7-14-11-9(16)10(13)17(12(18)15-11)8-5-3-2-4-6-8/h2-7H,13H2,1H3. The highest BCUT2D eigenvalue weighted by Gasteiger charge is 2.11. The van der Waals surface area contributed by atoms with E-state index in [9.17, 15) is 0 Å². The fraction of sp³-hybridized carbons (Fsp3) is 0.0833. The lowest BCUT2D eigenvalue weighted by Gasteiger charge is -2.11. The average molecular weight is 257 g/mol. The topological polar surface area (TPSA) is 61.7 Å². The summed E-state index contributed by atoms with van der Waals surface area (Å²) in [5.41, 5.74) is 8.45.